The van der Waals surface area contributed by atoms with Crippen molar-refractivity contribution < 1.29 is 9.53 Å². The minimum Gasteiger partial charge on any atom is -0.496 e. The first-order chi connectivity index (χ1) is 14.6. The van der Waals surface area contributed by atoms with Crippen LogP contribution in [0.3, 0.4) is 0 Å². The number of aromatic nitrogens is 1. The number of nitrogens with zero attached hydrogens (tertiary/aromatic N) is 1. The van der Waals surface area contributed by atoms with Gasteiger partial charge in [-0.15, -0.1) is 11.3 Å². The van der Waals surface area contributed by atoms with Gasteiger partial charge in [-0.25, -0.2) is 4.98 Å². The molecule has 1 amide bonds. The summed E-state index contributed by atoms with van der Waals surface area (Å²) in [7, 11) is 1.65. The zero-order chi connectivity index (χ0) is 20.9. The van der Waals surface area contributed by atoms with E-state index in [-0.39, 0.29) is 5.91 Å². The number of rotatable bonds is 6. The molecule has 0 fully saturated rings. The Labute approximate surface area is 180 Å². The van der Waals surface area contributed by atoms with Crippen molar-refractivity contribution >= 4 is 22.9 Å². The third kappa shape index (κ3) is 4.58. The molecule has 0 saturated heterocycles. The standard InChI is InChI=1S/C25H22N2O2S/c1-17-14-18(8-13-23(17)29-2)15-24(28)26-21-11-9-19(10-12-21)22-16-30-25(27-22)20-6-4-3-5-7-20/h3-14,16H,15H2,1-2H3,(H,26,28). The van der Waals surface area contributed by atoms with E-state index in [1.807, 2.05) is 67.6 Å². The molecule has 0 aliphatic heterocycles. The van der Waals surface area contributed by atoms with Gasteiger partial charge >= 0.3 is 0 Å². The van der Waals surface area contributed by atoms with Crippen LogP contribution in [-0.4, -0.2) is 18.0 Å². The lowest BCUT2D eigenvalue weighted by atomic mass is 10.1. The second-order valence-electron chi connectivity index (χ2n) is 7.01. The predicted molar refractivity (Wildman–Crippen MR) is 123 cm³/mol. The Balaban J connectivity index is 1.41. The summed E-state index contributed by atoms with van der Waals surface area (Å²) in [6.07, 6.45) is 0.319. The largest absolute Gasteiger partial charge is 0.496 e. The lowest BCUT2D eigenvalue weighted by Crippen LogP contribution is -2.14. The van der Waals surface area contributed by atoms with E-state index in [4.69, 9.17) is 9.72 Å². The molecule has 3 aromatic carbocycles. The number of carbonyl (C=O) groups excluding carboxylic acids is 1. The molecule has 1 heterocycles. The molecule has 0 spiro atoms. The van der Waals surface area contributed by atoms with E-state index < -0.39 is 0 Å². The van der Waals surface area contributed by atoms with Crippen molar-refractivity contribution in [2.45, 2.75) is 13.3 Å². The van der Waals surface area contributed by atoms with Crippen molar-refractivity contribution in [1.29, 1.82) is 0 Å². The molecule has 5 heteroatoms. The summed E-state index contributed by atoms with van der Waals surface area (Å²) in [6, 6.07) is 23.7. The van der Waals surface area contributed by atoms with Crippen molar-refractivity contribution in [2.75, 3.05) is 12.4 Å². The SMILES string of the molecule is COc1ccc(CC(=O)Nc2ccc(-c3csc(-c4ccccc4)n3)cc2)cc1C. The fourth-order valence-corrected chi connectivity index (χ4v) is 4.12. The van der Waals surface area contributed by atoms with Crippen LogP contribution in [0.2, 0.25) is 0 Å². The molecule has 150 valence electrons. The minimum absolute atomic E-state index is 0.0488. The Morgan fingerprint density at radius 1 is 1.00 bits per heavy atom. The summed E-state index contributed by atoms with van der Waals surface area (Å²) < 4.78 is 5.27. The van der Waals surface area contributed by atoms with Gasteiger partial charge in [0.1, 0.15) is 10.8 Å². The first-order valence-corrected chi connectivity index (χ1v) is 10.5. The number of amides is 1. The first kappa shape index (κ1) is 19.9. The fraction of sp³-hybridized carbons (Fsp3) is 0.120. The Bertz CT molecular complexity index is 1150. The molecule has 0 aliphatic rings. The van der Waals surface area contributed by atoms with Crippen molar-refractivity contribution in [2.24, 2.45) is 0 Å². The summed E-state index contributed by atoms with van der Waals surface area (Å²) in [5.74, 6) is 0.777. The van der Waals surface area contributed by atoms with Crippen LogP contribution < -0.4 is 10.1 Å². The topological polar surface area (TPSA) is 51.2 Å². The fourth-order valence-electron chi connectivity index (χ4n) is 3.29. The average Bonchev–Trinajstić information content (AvgIpc) is 3.25. The average molecular weight is 415 g/mol. The lowest BCUT2D eigenvalue weighted by molar-refractivity contribution is -0.115. The van der Waals surface area contributed by atoms with E-state index in [1.54, 1.807) is 18.4 Å². The molecule has 0 unspecified atom stereocenters. The lowest BCUT2D eigenvalue weighted by Gasteiger charge is -2.09. The van der Waals surface area contributed by atoms with Crippen molar-refractivity contribution in [3.8, 4) is 27.6 Å². The highest BCUT2D eigenvalue weighted by molar-refractivity contribution is 7.13. The van der Waals surface area contributed by atoms with Gasteiger partial charge in [-0.05, 0) is 36.2 Å². The first-order valence-electron chi connectivity index (χ1n) is 9.67. The number of nitrogens with one attached hydrogen (secondary N) is 1. The smallest absolute Gasteiger partial charge is 0.228 e. The molecule has 0 saturated carbocycles. The zero-order valence-corrected chi connectivity index (χ0v) is 17.7. The Hall–Kier alpha value is -3.44. The summed E-state index contributed by atoms with van der Waals surface area (Å²) in [6.45, 7) is 1.97. The number of methoxy groups -OCH3 is 1. The van der Waals surface area contributed by atoms with Gasteiger partial charge in [0.05, 0.1) is 19.2 Å². The molecule has 30 heavy (non-hydrogen) atoms. The van der Waals surface area contributed by atoms with E-state index in [1.165, 1.54) is 0 Å². The van der Waals surface area contributed by atoms with Crippen molar-refractivity contribution in [3.05, 3.63) is 89.3 Å². The molecule has 1 N–H and O–H groups in total. The molecular weight excluding hydrogens is 392 g/mol. The second-order valence-corrected chi connectivity index (χ2v) is 7.87. The number of benzene rings is 3. The molecule has 4 rings (SSSR count). The number of carbonyl (C=O) groups is 1. The molecular formula is C25H22N2O2S. The maximum atomic E-state index is 12.4. The number of hydrogen-bond donors (Lipinski definition) is 1. The molecule has 0 radical (unpaired) electrons. The number of anilines is 1. The highest BCUT2D eigenvalue weighted by Gasteiger charge is 2.09. The van der Waals surface area contributed by atoms with E-state index in [0.29, 0.717) is 6.42 Å². The number of ether oxygens (including phenoxy) is 1. The van der Waals surface area contributed by atoms with Gasteiger partial charge in [-0.1, -0.05) is 54.6 Å². The second kappa shape index (κ2) is 8.93. The Kier molecular flexibility index (Phi) is 5.91. The molecule has 1 aromatic heterocycles. The summed E-state index contributed by atoms with van der Waals surface area (Å²) in [5, 5.41) is 6.02. The van der Waals surface area contributed by atoms with Gasteiger partial charge in [0, 0.05) is 22.2 Å². The van der Waals surface area contributed by atoms with Gasteiger partial charge < -0.3 is 10.1 Å². The van der Waals surface area contributed by atoms with Gasteiger partial charge in [0.15, 0.2) is 0 Å². The van der Waals surface area contributed by atoms with Crippen molar-refractivity contribution in [3.63, 3.8) is 0 Å². The maximum Gasteiger partial charge on any atom is 0.228 e. The molecule has 4 aromatic rings. The molecule has 0 bridgehead atoms. The van der Waals surface area contributed by atoms with Gasteiger partial charge in [0.25, 0.3) is 0 Å². The number of thiazole rings is 1. The van der Waals surface area contributed by atoms with E-state index in [2.05, 4.69) is 22.8 Å². The van der Waals surface area contributed by atoms with Crippen LogP contribution in [0.15, 0.2) is 78.2 Å². The Morgan fingerprint density at radius 2 is 1.77 bits per heavy atom. The number of hydrogen-bond acceptors (Lipinski definition) is 4. The molecule has 0 aliphatic carbocycles. The monoisotopic (exact) mass is 414 g/mol. The van der Waals surface area contributed by atoms with Gasteiger partial charge in [0.2, 0.25) is 5.91 Å². The third-order valence-corrected chi connectivity index (χ3v) is 5.70. The van der Waals surface area contributed by atoms with Crippen LogP contribution in [0.4, 0.5) is 5.69 Å². The predicted octanol–water partition coefficient (Wildman–Crippen LogP) is 5.98. The van der Waals surface area contributed by atoms with Crippen LogP contribution in [0.5, 0.6) is 5.75 Å². The molecule has 0 atom stereocenters. The van der Waals surface area contributed by atoms with Gasteiger partial charge in [-0.2, -0.15) is 0 Å². The van der Waals surface area contributed by atoms with E-state index in [0.717, 1.165) is 44.4 Å². The quantitative estimate of drug-likeness (QED) is 0.422. The summed E-state index contributed by atoms with van der Waals surface area (Å²) in [5.41, 5.74) is 5.82. The van der Waals surface area contributed by atoms with Crippen LogP contribution in [-0.2, 0) is 11.2 Å². The summed E-state index contributed by atoms with van der Waals surface area (Å²) >= 11 is 1.63. The minimum atomic E-state index is -0.0488. The normalized spacial score (nSPS) is 10.6. The van der Waals surface area contributed by atoms with Crippen LogP contribution in [0, 0.1) is 6.92 Å². The van der Waals surface area contributed by atoms with Crippen molar-refractivity contribution in [1.82, 2.24) is 4.98 Å². The van der Waals surface area contributed by atoms with Crippen LogP contribution in [0.25, 0.3) is 21.8 Å². The Morgan fingerprint density at radius 3 is 2.47 bits per heavy atom. The maximum absolute atomic E-state index is 12.4. The molecule has 4 nitrogen and oxygen atoms in total. The van der Waals surface area contributed by atoms with Crippen LogP contribution in [0.1, 0.15) is 11.1 Å². The zero-order valence-electron chi connectivity index (χ0n) is 16.9. The number of aryl methyl sites for hydroxylation is 1. The van der Waals surface area contributed by atoms with E-state index in [9.17, 15) is 4.79 Å². The highest BCUT2D eigenvalue weighted by atomic mass is 32.1. The highest BCUT2D eigenvalue weighted by Crippen LogP contribution is 2.29. The summed E-state index contributed by atoms with van der Waals surface area (Å²) in [4.78, 5) is 17.2. The van der Waals surface area contributed by atoms with Gasteiger partial charge in [-0.3, -0.25) is 4.79 Å². The van der Waals surface area contributed by atoms with Crippen LogP contribution >= 0.6 is 11.3 Å². The van der Waals surface area contributed by atoms with E-state index >= 15 is 0 Å². The third-order valence-electron chi connectivity index (χ3n) is 4.81.